The third-order valence-corrected chi connectivity index (χ3v) is 7.70. The Morgan fingerprint density at radius 3 is 2.65 bits per heavy atom. The highest BCUT2D eigenvalue weighted by atomic mass is 16.5. The van der Waals surface area contributed by atoms with E-state index in [9.17, 15) is 19.8 Å². The van der Waals surface area contributed by atoms with Gasteiger partial charge >= 0.3 is 0 Å². The molecule has 2 aliphatic carbocycles. The molecule has 8 heteroatoms. The van der Waals surface area contributed by atoms with Crippen molar-refractivity contribution in [2.24, 2.45) is 5.92 Å². The lowest BCUT2D eigenvalue weighted by Crippen LogP contribution is -2.59. The van der Waals surface area contributed by atoms with E-state index in [4.69, 9.17) is 9.47 Å². The summed E-state index contributed by atoms with van der Waals surface area (Å²) >= 11 is 0. The van der Waals surface area contributed by atoms with Crippen LogP contribution >= 0.6 is 0 Å². The van der Waals surface area contributed by atoms with Crippen LogP contribution in [0.5, 0.6) is 5.75 Å². The zero-order chi connectivity index (χ0) is 23.7. The van der Waals surface area contributed by atoms with Crippen LogP contribution in [-0.2, 0) is 14.3 Å². The fourth-order valence-electron chi connectivity index (χ4n) is 6.03. The highest BCUT2D eigenvalue weighted by Crippen LogP contribution is 2.47. The smallest absolute Gasteiger partial charge is 0.247 e. The van der Waals surface area contributed by atoms with E-state index < -0.39 is 24.2 Å². The SMILES string of the molecule is O=C(NCCO)C1=CC(N(C(=O)C2CCOC2)C2CCCCC2)C(O)C2Oc3ccccc3C12. The molecule has 0 spiro atoms. The van der Waals surface area contributed by atoms with E-state index in [2.05, 4.69) is 5.32 Å². The fraction of sp³-hybridized carbons (Fsp3) is 0.615. The van der Waals surface area contributed by atoms with E-state index in [-0.39, 0.29) is 36.9 Å². The number of hydrogen-bond acceptors (Lipinski definition) is 6. The van der Waals surface area contributed by atoms with Gasteiger partial charge in [-0.25, -0.2) is 0 Å². The summed E-state index contributed by atoms with van der Waals surface area (Å²) in [7, 11) is 0. The molecule has 34 heavy (non-hydrogen) atoms. The van der Waals surface area contributed by atoms with Crippen LogP contribution in [0.1, 0.15) is 50.0 Å². The van der Waals surface area contributed by atoms with Gasteiger partial charge in [-0.15, -0.1) is 0 Å². The van der Waals surface area contributed by atoms with Crippen molar-refractivity contribution in [3.8, 4) is 5.75 Å². The van der Waals surface area contributed by atoms with Gasteiger partial charge in [0, 0.05) is 30.3 Å². The van der Waals surface area contributed by atoms with Crippen LogP contribution in [0.4, 0.5) is 0 Å². The van der Waals surface area contributed by atoms with Gasteiger partial charge in [-0.3, -0.25) is 9.59 Å². The van der Waals surface area contributed by atoms with Gasteiger partial charge in [0.05, 0.1) is 31.1 Å². The second kappa shape index (κ2) is 10.1. The molecule has 1 aromatic carbocycles. The molecule has 5 unspecified atom stereocenters. The van der Waals surface area contributed by atoms with Crippen molar-refractivity contribution in [3.63, 3.8) is 0 Å². The maximum absolute atomic E-state index is 13.8. The normalized spacial score (nSPS) is 30.6. The van der Waals surface area contributed by atoms with Crippen molar-refractivity contribution >= 4 is 11.8 Å². The molecule has 1 saturated carbocycles. The molecule has 5 rings (SSSR count). The minimum atomic E-state index is -0.972. The number of benzene rings is 1. The highest BCUT2D eigenvalue weighted by molar-refractivity contribution is 5.96. The average molecular weight is 471 g/mol. The first kappa shape index (κ1) is 23.3. The quantitative estimate of drug-likeness (QED) is 0.582. The Morgan fingerprint density at radius 1 is 1.12 bits per heavy atom. The van der Waals surface area contributed by atoms with Gasteiger partial charge in [0.15, 0.2) is 0 Å². The summed E-state index contributed by atoms with van der Waals surface area (Å²) in [5, 5.41) is 23.6. The lowest BCUT2D eigenvalue weighted by atomic mass is 9.76. The molecule has 1 saturated heterocycles. The van der Waals surface area contributed by atoms with E-state index in [0.29, 0.717) is 31.0 Å². The van der Waals surface area contributed by atoms with E-state index in [1.54, 1.807) is 6.08 Å². The number of nitrogens with one attached hydrogen (secondary N) is 1. The topological polar surface area (TPSA) is 108 Å². The number of rotatable bonds is 6. The zero-order valence-corrected chi connectivity index (χ0v) is 19.4. The van der Waals surface area contributed by atoms with E-state index in [1.807, 2.05) is 29.2 Å². The van der Waals surface area contributed by atoms with Gasteiger partial charge in [0.2, 0.25) is 11.8 Å². The molecule has 5 atom stereocenters. The average Bonchev–Trinajstić information content (AvgIpc) is 3.53. The number of amides is 2. The Labute approximate surface area is 199 Å². The third-order valence-electron chi connectivity index (χ3n) is 7.70. The monoisotopic (exact) mass is 470 g/mol. The summed E-state index contributed by atoms with van der Waals surface area (Å²) in [6, 6.07) is 6.87. The van der Waals surface area contributed by atoms with Crippen molar-refractivity contribution in [1.29, 1.82) is 0 Å². The van der Waals surface area contributed by atoms with E-state index >= 15 is 0 Å². The predicted octanol–water partition coefficient (Wildman–Crippen LogP) is 1.51. The van der Waals surface area contributed by atoms with Gasteiger partial charge in [-0.05, 0) is 31.4 Å². The van der Waals surface area contributed by atoms with E-state index in [0.717, 1.165) is 37.7 Å². The molecule has 2 fully saturated rings. The second-order valence-electron chi connectivity index (χ2n) is 9.78. The number of aliphatic hydroxyl groups excluding tert-OH is 2. The number of carbonyl (C=O) groups excluding carboxylic acids is 2. The zero-order valence-electron chi connectivity index (χ0n) is 19.4. The summed E-state index contributed by atoms with van der Waals surface area (Å²) in [4.78, 5) is 28.9. The lowest BCUT2D eigenvalue weighted by molar-refractivity contribution is -0.145. The molecule has 2 amide bonds. The van der Waals surface area contributed by atoms with Crippen molar-refractivity contribution in [3.05, 3.63) is 41.5 Å². The van der Waals surface area contributed by atoms with Gasteiger partial charge in [-0.1, -0.05) is 37.5 Å². The molecule has 2 heterocycles. The van der Waals surface area contributed by atoms with Crippen molar-refractivity contribution in [1.82, 2.24) is 10.2 Å². The van der Waals surface area contributed by atoms with Crippen molar-refractivity contribution < 1.29 is 29.3 Å². The largest absolute Gasteiger partial charge is 0.486 e. The van der Waals surface area contributed by atoms with Gasteiger partial charge in [-0.2, -0.15) is 0 Å². The molecule has 8 nitrogen and oxygen atoms in total. The first-order valence-corrected chi connectivity index (χ1v) is 12.5. The number of para-hydroxylation sites is 1. The van der Waals surface area contributed by atoms with Crippen LogP contribution in [0, 0.1) is 5.92 Å². The Kier molecular flexibility index (Phi) is 6.90. The summed E-state index contributed by atoms with van der Waals surface area (Å²) < 4.78 is 11.7. The number of fused-ring (bicyclic) bond motifs is 3. The molecule has 0 bridgehead atoms. The minimum absolute atomic E-state index is 0.00576. The number of aliphatic hydroxyl groups is 2. The number of carbonyl (C=O) groups is 2. The maximum atomic E-state index is 13.8. The lowest BCUT2D eigenvalue weighted by Gasteiger charge is -2.45. The Balaban J connectivity index is 1.54. The van der Waals surface area contributed by atoms with Crippen LogP contribution in [0.2, 0.25) is 0 Å². The minimum Gasteiger partial charge on any atom is -0.486 e. The first-order valence-electron chi connectivity index (χ1n) is 12.5. The van der Waals surface area contributed by atoms with Crippen LogP contribution in [0.15, 0.2) is 35.9 Å². The standard InChI is InChI=1S/C26H34N2O6/c29-12-11-27-25(31)19-14-20(23(30)24-22(19)18-8-4-5-9-21(18)34-24)28(17-6-2-1-3-7-17)26(32)16-10-13-33-15-16/h4-5,8-9,14,16-17,20,22-24,29-30H,1-3,6-7,10-13,15H2,(H,27,31). The molecule has 0 aromatic heterocycles. The molecule has 1 aromatic rings. The number of nitrogens with zero attached hydrogens (tertiary/aromatic N) is 1. The molecule has 2 aliphatic heterocycles. The predicted molar refractivity (Wildman–Crippen MR) is 124 cm³/mol. The summed E-state index contributed by atoms with van der Waals surface area (Å²) in [6.07, 6.45) is 5.82. The Hall–Kier alpha value is -2.42. The number of hydrogen-bond donors (Lipinski definition) is 3. The van der Waals surface area contributed by atoms with Crippen molar-refractivity contribution in [2.45, 2.75) is 68.7 Å². The summed E-state index contributed by atoms with van der Waals surface area (Å²) in [5.74, 6) is -0.319. The second-order valence-corrected chi connectivity index (χ2v) is 9.78. The van der Waals surface area contributed by atoms with Crippen LogP contribution in [0.25, 0.3) is 0 Å². The number of ether oxygens (including phenoxy) is 2. The van der Waals surface area contributed by atoms with Crippen LogP contribution in [-0.4, -0.2) is 77.6 Å². The summed E-state index contributed by atoms with van der Waals surface area (Å²) in [6.45, 7) is 0.927. The first-order chi connectivity index (χ1) is 16.6. The van der Waals surface area contributed by atoms with Crippen LogP contribution in [0.3, 0.4) is 0 Å². The van der Waals surface area contributed by atoms with Crippen LogP contribution < -0.4 is 10.1 Å². The van der Waals surface area contributed by atoms with E-state index in [1.165, 1.54) is 0 Å². The molecule has 0 radical (unpaired) electrons. The Bertz CT molecular complexity index is 937. The molecular weight excluding hydrogens is 436 g/mol. The van der Waals surface area contributed by atoms with Gasteiger partial charge in [0.1, 0.15) is 18.0 Å². The third kappa shape index (κ3) is 4.23. The maximum Gasteiger partial charge on any atom is 0.247 e. The molecule has 4 aliphatic rings. The molecule has 184 valence electrons. The highest BCUT2D eigenvalue weighted by Gasteiger charge is 2.51. The van der Waals surface area contributed by atoms with Gasteiger partial charge < -0.3 is 29.9 Å². The summed E-state index contributed by atoms with van der Waals surface area (Å²) in [5.41, 5.74) is 1.34. The fourth-order valence-corrected chi connectivity index (χ4v) is 6.03. The van der Waals surface area contributed by atoms with Gasteiger partial charge in [0.25, 0.3) is 0 Å². The molecular formula is C26H34N2O6. The molecule has 3 N–H and O–H groups in total. The Morgan fingerprint density at radius 2 is 1.91 bits per heavy atom. The van der Waals surface area contributed by atoms with Crippen molar-refractivity contribution in [2.75, 3.05) is 26.4 Å².